The Morgan fingerprint density at radius 1 is 1.53 bits per heavy atom. The van der Waals surface area contributed by atoms with Crippen molar-refractivity contribution in [3.05, 3.63) is 12.7 Å². The molecule has 0 radical (unpaired) electrons. The quantitative estimate of drug-likeness (QED) is 0.722. The normalized spacial score (nSPS) is 23.7. The Hall–Kier alpha value is -1.32. The Morgan fingerprint density at radius 3 is 2.76 bits per heavy atom. The fourth-order valence-corrected chi connectivity index (χ4v) is 2.43. The van der Waals surface area contributed by atoms with E-state index in [2.05, 4.69) is 6.58 Å². The number of hydrogen-bond donors (Lipinski definition) is 1. The van der Waals surface area contributed by atoms with Crippen LogP contribution in [-0.2, 0) is 9.59 Å². The van der Waals surface area contributed by atoms with Crippen LogP contribution >= 0.6 is 0 Å². The molecule has 1 unspecified atom stereocenters. The standard InChI is InChI=1S/C13H21NO3/c1-3-5-6-11(15)14-9-8-13(10-14,7-4-2)12(16)17/h3H,1,4-10H2,2H3,(H,16,17). The van der Waals surface area contributed by atoms with Gasteiger partial charge in [0, 0.05) is 19.5 Å². The van der Waals surface area contributed by atoms with Crippen LogP contribution < -0.4 is 0 Å². The third-order valence-electron chi connectivity index (χ3n) is 3.45. The van der Waals surface area contributed by atoms with E-state index in [9.17, 15) is 14.7 Å². The SMILES string of the molecule is C=CCCC(=O)N1CCC(CCC)(C(=O)O)C1. The summed E-state index contributed by atoms with van der Waals surface area (Å²) in [5, 5.41) is 9.32. The number of nitrogens with zero attached hydrogens (tertiary/aromatic N) is 1. The maximum Gasteiger partial charge on any atom is 0.311 e. The van der Waals surface area contributed by atoms with Gasteiger partial charge in [-0.15, -0.1) is 6.58 Å². The molecule has 0 aromatic heterocycles. The molecule has 0 aliphatic carbocycles. The molecule has 0 aromatic carbocycles. The lowest BCUT2D eigenvalue weighted by Crippen LogP contribution is -2.36. The second kappa shape index (κ2) is 5.84. The number of rotatable bonds is 6. The smallest absolute Gasteiger partial charge is 0.311 e. The molecule has 1 saturated heterocycles. The third kappa shape index (κ3) is 3.08. The summed E-state index contributed by atoms with van der Waals surface area (Å²) >= 11 is 0. The molecule has 0 bridgehead atoms. The van der Waals surface area contributed by atoms with Gasteiger partial charge < -0.3 is 10.0 Å². The van der Waals surface area contributed by atoms with E-state index in [1.54, 1.807) is 11.0 Å². The van der Waals surface area contributed by atoms with Crippen molar-refractivity contribution in [3.8, 4) is 0 Å². The van der Waals surface area contributed by atoms with Crippen LogP contribution in [0.1, 0.15) is 39.0 Å². The zero-order chi connectivity index (χ0) is 12.9. The molecular weight excluding hydrogens is 218 g/mol. The van der Waals surface area contributed by atoms with Crippen LogP contribution in [0.2, 0.25) is 0 Å². The van der Waals surface area contributed by atoms with E-state index in [4.69, 9.17) is 0 Å². The molecule has 96 valence electrons. The molecule has 1 heterocycles. The molecule has 0 spiro atoms. The number of aliphatic carboxylic acids is 1. The van der Waals surface area contributed by atoms with Crippen molar-refractivity contribution in [2.75, 3.05) is 13.1 Å². The Kier molecular flexibility index (Phi) is 4.73. The van der Waals surface area contributed by atoms with Crippen molar-refractivity contribution in [2.45, 2.75) is 39.0 Å². The zero-order valence-electron chi connectivity index (χ0n) is 10.4. The third-order valence-corrected chi connectivity index (χ3v) is 3.45. The zero-order valence-corrected chi connectivity index (χ0v) is 10.4. The van der Waals surface area contributed by atoms with Gasteiger partial charge in [0.2, 0.25) is 5.91 Å². The van der Waals surface area contributed by atoms with E-state index < -0.39 is 11.4 Å². The van der Waals surface area contributed by atoms with Crippen LogP contribution in [0.15, 0.2) is 12.7 Å². The maximum atomic E-state index is 11.8. The van der Waals surface area contributed by atoms with Gasteiger partial charge in [0.1, 0.15) is 0 Å². The van der Waals surface area contributed by atoms with Gasteiger partial charge in [0.15, 0.2) is 0 Å². The molecule has 4 heteroatoms. The number of carboxylic acids is 1. The summed E-state index contributed by atoms with van der Waals surface area (Å²) < 4.78 is 0. The first-order valence-corrected chi connectivity index (χ1v) is 6.18. The first-order chi connectivity index (χ1) is 8.05. The molecule has 1 N–H and O–H groups in total. The van der Waals surface area contributed by atoms with Gasteiger partial charge in [-0.2, -0.15) is 0 Å². The van der Waals surface area contributed by atoms with Crippen molar-refractivity contribution in [3.63, 3.8) is 0 Å². The molecule has 1 fully saturated rings. The van der Waals surface area contributed by atoms with Crippen LogP contribution in [-0.4, -0.2) is 35.0 Å². The van der Waals surface area contributed by atoms with Gasteiger partial charge in [0.25, 0.3) is 0 Å². The second-order valence-electron chi connectivity index (χ2n) is 4.73. The largest absolute Gasteiger partial charge is 0.481 e. The summed E-state index contributed by atoms with van der Waals surface area (Å²) in [4.78, 5) is 24.8. The van der Waals surface area contributed by atoms with E-state index in [-0.39, 0.29) is 5.91 Å². The fraction of sp³-hybridized carbons (Fsp3) is 0.692. The lowest BCUT2D eigenvalue weighted by atomic mass is 9.83. The van der Waals surface area contributed by atoms with Crippen LogP contribution in [0.25, 0.3) is 0 Å². The van der Waals surface area contributed by atoms with E-state index >= 15 is 0 Å². The molecule has 1 aliphatic rings. The van der Waals surface area contributed by atoms with E-state index in [1.165, 1.54) is 0 Å². The number of carboxylic acid groups (broad SMARTS) is 1. The first kappa shape index (κ1) is 13.7. The summed E-state index contributed by atoms with van der Waals surface area (Å²) in [7, 11) is 0. The topological polar surface area (TPSA) is 57.6 Å². The average molecular weight is 239 g/mol. The van der Waals surface area contributed by atoms with Crippen LogP contribution in [0.4, 0.5) is 0 Å². The van der Waals surface area contributed by atoms with Gasteiger partial charge in [-0.25, -0.2) is 0 Å². The second-order valence-corrected chi connectivity index (χ2v) is 4.73. The number of amides is 1. The van der Waals surface area contributed by atoms with E-state index in [1.807, 2.05) is 6.92 Å². The summed E-state index contributed by atoms with van der Waals surface area (Å²) in [5.74, 6) is -0.720. The van der Waals surface area contributed by atoms with E-state index in [0.29, 0.717) is 38.8 Å². The minimum absolute atomic E-state index is 0.0455. The van der Waals surface area contributed by atoms with Crippen molar-refractivity contribution < 1.29 is 14.7 Å². The van der Waals surface area contributed by atoms with Gasteiger partial charge in [0.05, 0.1) is 5.41 Å². The lowest BCUT2D eigenvalue weighted by Gasteiger charge is -2.24. The highest BCUT2D eigenvalue weighted by molar-refractivity contribution is 5.80. The molecule has 1 aliphatic heterocycles. The monoisotopic (exact) mass is 239 g/mol. The van der Waals surface area contributed by atoms with Gasteiger partial charge in [-0.1, -0.05) is 19.4 Å². The predicted octanol–water partition coefficient (Wildman–Crippen LogP) is 2.06. The highest BCUT2D eigenvalue weighted by atomic mass is 16.4. The number of carbonyl (C=O) groups excluding carboxylic acids is 1. The molecule has 1 amide bonds. The highest BCUT2D eigenvalue weighted by Crippen LogP contribution is 2.35. The summed E-state index contributed by atoms with van der Waals surface area (Å²) in [6, 6.07) is 0. The average Bonchev–Trinajstić information content (AvgIpc) is 2.72. The Labute approximate surface area is 102 Å². The first-order valence-electron chi connectivity index (χ1n) is 6.18. The summed E-state index contributed by atoms with van der Waals surface area (Å²) in [6.45, 7) is 6.50. The van der Waals surface area contributed by atoms with E-state index in [0.717, 1.165) is 6.42 Å². The van der Waals surface area contributed by atoms with Crippen LogP contribution in [0.5, 0.6) is 0 Å². The van der Waals surface area contributed by atoms with Crippen molar-refractivity contribution >= 4 is 11.9 Å². The minimum Gasteiger partial charge on any atom is -0.481 e. The molecule has 0 aromatic rings. The van der Waals surface area contributed by atoms with Gasteiger partial charge >= 0.3 is 5.97 Å². The van der Waals surface area contributed by atoms with Crippen LogP contribution in [0.3, 0.4) is 0 Å². The van der Waals surface area contributed by atoms with Crippen molar-refractivity contribution in [2.24, 2.45) is 5.41 Å². The number of carbonyl (C=O) groups is 2. The molecular formula is C13H21NO3. The molecule has 4 nitrogen and oxygen atoms in total. The summed E-state index contributed by atoms with van der Waals surface area (Å²) in [6.07, 6.45) is 4.86. The number of allylic oxidation sites excluding steroid dienone is 1. The molecule has 17 heavy (non-hydrogen) atoms. The minimum atomic E-state index is -0.765. The molecule has 0 saturated carbocycles. The van der Waals surface area contributed by atoms with Crippen molar-refractivity contribution in [1.82, 2.24) is 4.90 Å². The number of likely N-dealkylation sites (tertiary alicyclic amines) is 1. The Balaban J connectivity index is 2.62. The van der Waals surface area contributed by atoms with Crippen molar-refractivity contribution in [1.29, 1.82) is 0 Å². The Morgan fingerprint density at radius 2 is 2.24 bits per heavy atom. The highest BCUT2D eigenvalue weighted by Gasteiger charge is 2.45. The Bertz CT molecular complexity index is 314. The van der Waals surface area contributed by atoms with Gasteiger partial charge in [-0.05, 0) is 19.3 Å². The molecule has 1 rings (SSSR count). The number of hydrogen-bond acceptors (Lipinski definition) is 2. The lowest BCUT2D eigenvalue weighted by molar-refractivity contribution is -0.149. The molecule has 1 atom stereocenters. The fourth-order valence-electron chi connectivity index (χ4n) is 2.43. The maximum absolute atomic E-state index is 11.8. The van der Waals surface area contributed by atoms with Gasteiger partial charge in [-0.3, -0.25) is 9.59 Å². The summed E-state index contributed by atoms with van der Waals surface area (Å²) in [5.41, 5.74) is -0.710. The van der Waals surface area contributed by atoms with Crippen LogP contribution in [0, 0.1) is 5.41 Å². The predicted molar refractivity (Wildman–Crippen MR) is 65.6 cm³/mol.